The molecule has 0 aromatic rings. The minimum atomic E-state index is 0.286. The maximum absolute atomic E-state index is 3.74. The molecule has 106 valence electrons. The van der Waals surface area contributed by atoms with Crippen molar-refractivity contribution < 1.29 is 0 Å². The topological polar surface area (TPSA) is 12.0 Å². The van der Waals surface area contributed by atoms with Crippen LogP contribution in [0.5, 0.6) is 0 Å². The van der Waals surface area contributed by atoms with Gasteiger partial charge in [0.15, 0.2) is 0 Å². The van der Waals surface area contributed by atoms with Crippen molar-refractivity contribution in [2.45, 2.75) is 78.2 Å². The quantitative estimate of drug-likeness (QED) is 0.772. The summed E-state index contributed by atoms with van der Waals surface area (Å²) in [5.41, 5.74) is 0.286. The maximum atomic E-state index is 3.74. The highest BCUT2D eigenvalue weighted by atomic mass is 14.9. The predicted octanol–water partition coefficient (Wildman–Crippen LogP) is 4.62. The van der Waals surface area contributed by atoms with Gasteiger partial charge in [-0.25, -0.2) is 0 Å². The molecule has 2 fully saturated rings. The zero-order valence-electron chi connectivity index (χ0n) is 13.0. The normalized spacial score (nSPS) is 38.0. The predicted molar refractivity (Wildman–Crippen MR) is 79.7 cm³/mol. The van der Waals surface area contributed by atoms with E-state index in [4.69, 9.17) is 0 Å². The molecule has 1 N–H and O–H groups in total. The Morgan fingerprint density at radius 2 is 1.61 bits per heavy atom. The Bertz CT molecular complexity index is 245. The van der Waals surface area contributed by atoms with Crippen LogP contribution in [0.15, 0.2) is 0 Å². The summed E-state index contributed by atoms with van der Waals surface area (Å²) in [7, 11) is 0. The summed E-state index contributed by atoms with van der Waals surface area (Å²) in [6, 6.07) is 0. The minimum absolute atomic E-state index is 0.286. The average Bonchev–Trinajstić information content (AvgIpc) is 2.75. The smallest absolute Gasteiger partial charge is 0.00966 e. The second kappa shape index (κ2) is 5.94. The third-order valence-corrected chi connectivity index (χ3v) is 5.28. The molecule has 0 saturated heterocycles. The Labute approximate surface area is 114 Å². The van der Waals surface area contributed by atoms with Crippen LogP contribution in [0, 0.1) is 23.7 Å². The maximum Gasteiger partial charge on any atom is 0.00966 e. The molecule has 1 heteroatoms. The van der Waals surface area contributed by atoms with Crippen molar-refractivity contribution in [3.05, 3.63) is 0 Å². The molecule has 2 rings (SSSR count). The summed E-state index contributed by atoms with van der Waals surface area (Å²) < 4.78 is 0. The number of nitrogens with one attached hydrogen (secondary N) is 1. The van der Waals surface area contributed by atoms with Gasteiger partial charge in [0.1, 0.15) is 0 Å². The van der Waals surface area contributed by atoms with Crippen molar-refractivity contribution in [3.63, 3.8) is 0 Å². The van der Waals surface area contributed by atoms with Gasteiger partial charge in [0, 0.05) is 5.54 Å². The Morgan fingerprint density at radius 3 is 2.22 bits per heavy atom. The SMILES string of the molecule is CC1CCC(C2CCCC2CNC(C)(C)C)CC1. The van der Waals surface area contributed by atoms with Crippen molar-refractivity contribution in [2.75, 3.05) is 6.54 Å². The van der Waals surface area contributed by atoms with Gasteiger partial charge >= 0.3 is 0 Å². The summed E-state index contributed by atoms with van der Waals surface area (Å²) in [5.74, 6) is 4.04. The first-order valence-corrected chi connectivity index (χ1v) is 8.21. The van der Waals surface area contributed by atoms with Gasteiger partial charge in [-0.15, -0.1) is 0 Å². The van der Waals surface area contributed by atoms with Crippen molar-refractivity contribution in [1.29, 1.82) is 0 Å². The summed E-state index contributed by atoms with van der Waals surface area (Å²) >= 11 is 0. The summed E-state index contributed by atoms with van der Waals surface area (Å²) in [6.07, 6.45) is 10.5. The van der Waals surface area contributed by atoms with E-state index in [2.05, 4.69) is 33.0 Å². The van der Waals surface area contributed by atoms with Gasteiger partial charge < -0.3 is 5.32 Å². The first kappa shape index (κ1) is 14.4. The van der Waals surface area contributed by atoms with E-state index in [0.29, 0.717) is 0 Å². The van der Waals surface area contributed by atoms with Gasteiger partial charge in [0.05, 0.1) is 0 Å². The molecule has 18 heavy (non-hydrogen) atoms. The molecule has 0 aromatic heterocycles. The number of rotatable bonds is 3. The van der Waals surface area contributed by atoms with E-state index in [1.54, 1.807) is 0 Å². The molecule has 0 aliphatic heterocycles. The molecule has 0 radical (unpaired) electrons. The molecule has 2 aliphatic rings. The molecule has 2 saturated carbocycles. The monoisotopic (exact) mass is 251 g/mol. The highest BCUT2D eigenvalue weighted by molar-refractivity contribution is 4.87. The van der Waals surface area contributed by atoms with E-state index in [-0.39, 0.29) is 5.54 Å². The fourth-order valence-electron chi connectivity index (χ4n) is 4.09. The van der Waals surface area contributed by atoms with Crippen LogP contribution in [0.25, 0.3) is 0 Å². The molecule has 0 aromatic carbocycles. The van der Waals surface area contributed by atoms with E-state index in [9.17, 15) is 0 Å². The van der Waals surface area contributed by atoms with E-state index >= 15 is 0 Å². The third kappa shape index (κ3) is 3.98. The second-order valence-corrected chi connectivity index (χ2v) is 8.01. The molecule has 0 bridgehead atoms. The number of hydrogen-bond acceptors (Lipinski definition) is 1. The van der Waals surface area contributed by atoms with Gasteiger partial charge in [-0.1, -0.05) is 26.2 Å². The van der Waals surface area contributed by atoms with Gasteiger partial charge in [-0.3, -0.25) is 0 Å². The fourth-order valence-corrected chi connectivity index (χ4v) is 4.09. The average molecular weight is 251 g/mol. The van der Waals surface area contributed by atoms with Gasteiger partial charge in [-0.2, -0.15) is 0 Å². The molecule has 0 heterocycles. The van der Waals surface area contributed by atoms with Crippen LogP contribution in [0.3, 0.4) is 0 Å². The molecule has 0 spiro atoms. The zero-order valence-corrected chi connectivity index (χ0v) is 13.0. The van der Waals surface area contributed by atoms with E-state index in [0.717, 1.165) is 23.7 Å². The summed E-state index contributed by atoms with van der Waals surface area (Å²) in [6.45, 7) is 10.6. The lowest BCUT2D eigenvalue weighted by Gasteiger charge is -2.35. The van der Waals surface area contributed by atoms with Crippen LogP contribution < -0.4 is 5.32 Å². The Hall–Kier alpha value is -0.0400. The lowest BCUT2D eigenvalue weighted by atomic mass is 9.73. The van der Waals surface area contributed by atoms with Crippen molar-refractivity contribution in [2.24, 2.45) is 23.7 Å². The van der Waals surface area contributed by atoms with Gasteiger partial charge in [-0.05, 0) is 76.7 Å². The van der Waals surface area contributed by atoms with E-state index in [1.165, 1.54) is 51.5 Å². The Kier molecular flexibility index (Phi) is 4.75. The van der Waals surface area contributed by atoms with E-state index in [1.807, 2.05) is 0 Å². The standard InChI is InChI=1S/C17H33N/c1-13-8-10-14(11-9-13)16-7-5-6-15(16)12-18-17(2,3)4/h13-16,18H,5-12H2,1-4H3. The van der Waals surface area contributed by atoms with Gasteiger partial charge in [0.25, 0.3) is 0 Å². The molecule has 1 nitrogen and oxygen atoms in total. The first-order chi connectivity index (χ1) is 8.46. The van der Waals surface area contributed by atoms with Gasteiger partial charge in [0.2, 0.25) is 0 Å². The molecule has 2 unspecified atom stereocenters. The van der Waals surface area contributed by atoms with Crippen molar-refractivity contribution >= 4 is 0 Å². The van der Waals surface area contributed by atoms with E-state index < -0.39 is 0 Å². The summed E-state index contributed by atoms with van der Waals surface area (Å²) in [4.78, 5) is 0. The number of hydrogen-bond donors (Lipinski definition) is 1. The van der Waals surface area contributed by atoms with Crippen LogP contribution in [-0.4, -0.2) is 12.1 Å². The van der Waals surface area contributed by atoms with Crippen LogP contribution in [0.1, 0.15) is 72.6 Å². The zero-order chi connectivity index (χ0) is 13.2. The Morgan fingerprint density at radius 1 is 0.944 bits per heavy atom. The highest BCUT2D eigenvalue weighted by Crippen LogP contribution is 2.43. The van der Waals surface area contributed by atoms with Crippen molar-refractivity contribution in [3.8, 4) is 0 Å². The molecular weight excluding hydrogens is 218 g/mol. The van der Waals surface area contributed by atoms with Crippen LogP contribution >= 0.6 is 0 Å². The minimum Gasteiger partial charge on any atom is -0.312 e. The van der Waals surface area contributed by atoms with Crippen molar-refractivity contribution in [1.82, 2.24) is 5.32 Å². The first-order valence-electron chi connectivity index (χ1n) is 8.21. The van der Waals surface area contributed by atoms with Crippen LogP contribution in [0.2, 0.25) is 0 Å². The third-order valence-electron chi connectivity index (χ3n) is 5.28. The Balaban J connectivity index is 1.83. The van der Waals surface area contributed by atoms with Crippen LogP contribution in [0.4, 0.5) is 0 Å². The molecule has 0 amide bonds. The highest BCUT2D eigenvalue weighted by Gasteiger charge is 2.35. The fraction of sp³-hybridized carbons (Fsp3) is 1.00. The van der Waals surface area contributed by atoms with Crippen LogP contribution in [-0.2, 0) is 0 Å². The second-order valence-electron chi connectivity index (χ2n) is 8.01. The lowest BCUT2D eigenvalue weighted by Crippen LogP contribution is -2.40. The largest absolute Gasteiger partial charge is 0.312 e. The molecule has 2 aliphatic carbocycles. The molecule has 2 atom stereocenters. The summed E-state index contributed by atoms with van der Waals surface area (Å²) in [5, 5.41) is 3.74. The lowest BCUT2D eigenvalue weighted by molar-refractivity contribution is 0.170. The molecular formula is C17H33N.